The third kappa shape index (κ3) is 2.34. The Morgan fingerprint density at radius 3 is 2.47 bits per heavy atom. The molecule has 1 aromatic rings. The fourth-order valence-electron chi connectivity index (χ4n) is 2.20. The zero-order valence-electron chi connectivity index (χ0n) is 11.5. The van der Waals surface area contributed by atoms with Crippen molar-refractivity contribution in [3.05, 3.63) is 18.2 Å². The van der Waals surface area contributed by atoms with Crippen LogP contribution in [-0.4, -0.2) is 21.4 Å². The van der Waals surface area contributed by atoms with Crippen LogP contribution in [0.1, 0.15) is 38.6 Å². The van der Waals surface area contributed by atoms with E-state index in [4.69, 9.17) is 5.73 Å². The van der Waals surface area contributed by atoms with Gasteiger partial charge in [-0.2, -0.15) is 0 Å². The number of rotatable bonds is 5. The van der Waals surface area contributed by atoms with Crippen LogP contribution in [0.3, 0.4) is 0 Å². The number of aromatic nitrogens is 2. The molecule has 2 rings (SSSR count). The molecule has 6 nitrogen and oxygen atoms in total. The van der Waals surface area contributed by atoms with E-state index in [-0.39, 0.29) is 17.9 Å². The van der Waals surface area contributed by atoms with Gasteiger partial charge in [0.25, 0.3) is 0 Å². The van der Waals surface area contributed by atoms with Gasteiger partial charge in [0.1, 0.15) is 11.2 Å². The molecule has 1 atom stereocenters. The minimum atomic E-state index is -0.988. The monoisotopic (exact) mass is 264 g/mol. The number of primary amides is 1. The molecular formula is C13H20N4O2. The Hall–Kier alpha value is -1.85. The highest BCUT2D eigenvalue weighted by Gasteiger charge is 2.55. The molecule has 1 heterocycles. The molecule has 3 N–H and O–H groups in total. The number of carbonyl (C=O) groups excluding carboxylic acids is 2. The van der Waals surface area contributed by atoms with Crippen LogP contribution in [0.25, 0.3) is 0 Å². The predicted octanol–water partition coefficient (Wildman–Crippen LogP) is 0.499. The maximum Gasteiger partial charge on any atom is 0.236 e. The molecule has 0 aliphatic heterocycles. The standard InChI is InChI=1S/C13H20N4O2/c1-8(2)9(10-15-6-7-17(10)3)16-12(19)13(4-5-13)11(14)18/h6-9H,4-5H2,1-3H3,(H2,14,18)(H,16,19)/t9-/m1/s1. The number of hydrogen-bond acceptors (Lipinski definition) is 3. The lowest BCUT2D eigenvalue weighted by molar-refractivity contribution is -0.136. The summed E-state index contributed by atoms with van der Waals surface area (Å²) in [7, 11) is 1.88. The Kier molecular flexibility index (Phi) is 3.34. The van der Waals surface area contributed by atoms with Gasteiger partial charge >= 0.3 is 0 Å². The Bertz CT molecular complexity index is 502. The second-order valence-electron chi connectivity index (χ2n) is 5.54. The van der Waals surface area contributed by atoms with E-state index >= 15 is 0 Å². The minimum Gasteiger partial charge on any atom is -0.369 e. The van der Waals surface area contributed by atoms with Crippen molar-refractivity contribution >= 4 is 11.8 Å². The highest BCUT2D eigenvalue weighted by Crippen LogP contribution is 2.46. The van der Waals surface area contributed by atoms with Crippen LogP contribution in [0, 0.1) is 11.3 Å². The first kappa shape index (κ1) is 13.6. The van der Waals surface area contributed by atoms with Gasteiger partial charge < -0.3 is 15.6 Å². The van der Waals surface area contributed by atoms with Gasteiger partial charge in [0, 0.05) is 19.4 Å². The summed E-state index contributed by atoms with van der Waals surface area (Å²) in [5, 5.41) is 2.92. The normalized spacial score (nSPS) is 18.1. The number of nitrogens with two attached hydrogens (primary N) is 1. The minimum absolute atomic E-state index is 0.175. The van der Waals surface area contributed by atoms with Crippen LogP contribution in [0.2, 0.25) is 0 Å². The number of nitrogens with zero attached hydrogens (tertiary/aromatic N) is 2. The predicted molar refractivity (Wildman–Crippen MR) is 69.8 cm³/mol. The molecule has 0 bridgehead atoms. The highest BCUT2D eigenvalue weighted by molar-refractivity contribution is 6.07. The molecule has 0 radical (unpaired) electrons. The molecule has 19 heavy (non-hydrogen) atoms. The number of amides is 2. The summed E-state index contributed by atoms with van der Waals surface area (Å²) in [5.74, 6) is 0.145. The average molecular weight is 264 g/mol. The third-order valence-corrected chi connectivity index (χ3v) is 3.75. The van der Waals surface area contributed by atoms with Crippen molar-refractivity contribution in [2.75, 3.05) is 0 Å². The van der Waals surface area contributed by atoms with E-state index < -0.39 is 11.3 Å². The van der Waals surface area contributed by atoms with Crippen molar-refractivity contribution in [3.63, 3.8) is 0 Å². The molecule has 1 aromatic heterocycles. The summed E-state index contributed by atoms with van der Waals surface area (Å²) in [6.45, 7) is 4.01. The Labute approximate surface area is 112 Å². The molecule has 1 saturated carbocycles. The molecule has 0 saturated heterocycles. The first-order chi connectivity index (χ1) is 8.88. The lowest BCUT2D eigenvalue weighted by Crippen LogP contribution is -2.43. The Morgan fingerprint density at radius 1 is 1.47 bits per heavy atom. The number of nitrogens with one attached hydrogen (secondary N) is 1. The van der Waals surface area contributed by atoms with Crippen LogP contribution in [0.4, 0.5) is 0 Å². The van der Waals surface area contributed by atoms with Gasteiger partial charge in [0.15, 0.2) is 0 Å². The summed E-state index contributed by atoms with van der Waals surface area (Å²) >= 11 is 0. The molecule has 0 aromatic carbocycles. The molecule has 6 heteroatoms. The van der Waals surface area contributed by atoms with E-state index in [1.165, 1.54) is 0 Å². The van der Waals surface area contributed by atoms with Crippen molar-refractivity contribution in [1.82, 2.24) is 14.9 Å². The van der Waals surface area contributed by atoms with E-state index in [1.54, 1.807) is 6.20 Å². The van der Waals surface area contributed by atoms with E-state index in [0.717, 1.165) is 5.82 Å². The molecular weight excluding hydrogens is 244 g/mol. The Morgan fingerprint density at radius 2 is 2.11 bits per heavy atom. The zero-order chi connectivity index (χ0) is 14.2. The lowest BCUT2D eigenvalue weighted by atomic mass is 10.00. The fraction of sp³-hybridized carbons (Fsp3) is 0.615. The molecule has 0 spiro atoms. The second kappa shape index (κ2) is 4.68. The topological polar surface area (TPSA) is 90.0 Å². The third-order valence-electron chi connectivity index (χ3n) is 3.75. The van der Waals surface area contributed by atoms with Crippen LogP contribution in [-0.2, 0) is 16.6 Å². The molecule has 1 fully saturated rings. The molecule has 1 aliphatic rings. The first-order valence-corrected chi connectivity index (χ1v) is 6.46. The van der Waals surface area contributed by atoms with Crippen molar-refractivity contribution in [2.45, 2.75) is 32.7 Å². The van der Waals surface area contributed by atoms with E-state index in [0.29, 0.717) is 12.8 Å². The maximum atomic E-state index is 12.2. The van der Waals surface area contributed by atoms with Crippen LogP contribution in [0.15, 0.2) is 12.4 Å². The lowest BCUT2D eigenvalue weighted by Gasteiger charge is -2.24. The maximum absolute atomic E-state index is 12.2. The largest absolute Gasteiger partial charge is 0.369 e. The van der Waals surface area contributed by atoms with Gasteiger partial charge in [0.2, 0.25) is 11.8 Å². The molecule has 2 amide bonds. The summed E-state index contributed by atoms with van der Waals surface area (Å²) in [6, 6.07) is -0.218. The molecule has 0 unspecified atom stereocenters. The molecule has 104 valence electrons. The average Bonchev–Trinajstić information content (AvgIpc) is 3.05. The number of aryl methyl sites for hydroxylation is 1. The summed E-state index contributed by atoms with van der Waals surface area (Å²) in [4.78, 5) is 27.9. The van der Waals surface area contributed by atoms with Gasteiger partial charge in [-0.25, -0.2) is 4.98 Å². The molecule has 1 aliphatic carbocycles. The van der Waals surface area contributed by atoms with Crippen molar-refractivity contribution < 1.29 is 9.59 Å². The van der Waals surface area contributed by atoms with Gasteiger partial charge in [0.05, 0.1) is 6.04 Å². The highest BCUT2D eigenvalue weighted by atomic mass is 16.2. The van der Waals surface area contributed by atoms with Gasteiger partial charge in [-0.1, -0.05) is 13.8 Å². The summed E-state index contributed by atoms with van der Waals surface area (Å²) in [5.41, 5.74) is 4.33. The van der Waals surface area contributed by atoms with E-state index in [1.807, 2.05) is 31.7 Å². The quantitative estimate of drug-likeness (QED) is 0.759. The van der Waals surface area contributed by atoms with Gasteiger partial charge in [-0.05, 0) is 18.8 Å². The van der Waals surface area contributed by atoms with Crippen molar-refractivity contribution in [2.24, 2.45) is 24.1 Å². The van der Waals surface area contributed by atoms with Crippen molar-refractivity contribution in [3.8, 4) is 0 Å². The first-order valence-electron chi connectivity index (χ1n) is 6.46. The number of carbonyl (C=O) groups is 2. The number of hydrogen-bond donors (Lipinski definition) is 2. The Balaban J connectivity index is 2.17. The van der Waals surface area contributed by atoms with Gasteiger partial charge in [-0.15, -0.1) is 0 Å². The van der Waals surface area contributed by atoms with Gasteiger partial charge in [-0.3, -0.25) is 9.59 Å². The van der Waals surface area contributed by atoms with E-state index in [2.05, 4.69) is 10.3 Å². The van der Waals surface area contributed by atoms with Crippen LogP contribution in [0.5, 0.6) is 0 Å². The summed E-state index contributed by atoms with van der Waals surface area (Å²) in [6.07, 6.45) is 4.61. The second-order valence-corrected chi connectivity index (χ2v) is 5.54. The summed E-state index contributed by atoms with van der Waals surface area (Å²) < 4.78 is 1.87. The zero-order valence-corrected chi connectivity index (χ0v) is 11.5. The SMILES string of the molecule is CC(C)[C@@H](NC(=O)C1(C(N)=O)CC1)c1nccn1C. The van der Waals surface area contributed by atoms with E-state index in [9.17, 15) is 9.59 Å². The number of imidazole rings is 1. The van der Waals surface area contributed by atoms with Crippen LogP contribution >= 0.6 is 0 Å². The fourth-order valence-corrected chi connectivity index (χ4v) is 2.20. The smallest absolute Gasteiger partial charge is 0.236 e. The van der Waals surface area contributed by atoms with Crippen molar-refractivity contribution in [1.29, 1.82) is 0 Å². The van der Waals surface area contributed by atoms with Crippen LogP contribution < -0.4 is 11.1 Å².